The van der Waals surface area contributed by atoms with E-state index in [0.29, 0.717) is 0 Å². The molecule has 1 aromatic heterocycles. The van der Waals surface area contributed by atoms with Crippen LogP contribution in [-0.2, 0) is 0 Å². The molecule has 0 atom stereocenters. The summed E-state index contributed by atoms with van der Waals surface area (Å²) in [6.07, 6.45) is 6.84. The van der Waals surface area contributed by atoms with E-state index in [4.69, 9.17) is 4.74 Å². The van der Waals surface area contributed by atoms with E-state index < -0.39 is 0 Å². The minimum atomic E-state index is 0.875. The van der Waals surface area contributed by atoms with Gasteiger partial charge in [-0.05, 0) is 37.5 Å². The largest absolute Gasteiger partial charge is 0.497 e. The van der Waals surface area contributed by atoms with E-state index in [2.05, 4.69) is 39.2 Å². The normalized spacial score (nSPS) is 10.8. The number of hydrogen-bond acceptors (Lipinski definition) is 3. The number of hydrogen-bond donors (Lipinski definition) is 1. The molecule has 0 bridgehead atoms. The minimum absolute atomic E-state index is 0.875. The Labute approximate surface area is 135 Å². The van der Waals surface area contributed by atoms with Crippen molar-refractivity contribution in [1.29, 1.82) is 0 Å². The number of aryl methyl sites for hydroxylation is 1. The predicted molar refractivity (Wildman–Crippen MR) is 93.8 cm³/mol. The first-order chi connectivity index (χ1) is 10.3. The summed E-state index contributed by atoms with van der Waals surface area (Å²) >= 11 is 3.47. The Morgan fingerprint density at radius 1 is 1.19 bits per heavy atom. The van der Waals surface area contributed by atoms with Gasteiger partial charge >= 0.3 is 0 Å². The van der Waals surface area contributed by atoms with Crippen LogP contribution < -0.4 is 10.1 Å². The van der Waals surface area contributed by atoms with E-state index in [1.54, 1.807) is 7.11 Å². The fraction of sp³-hybridized carbons (Fsp3) is 0.471. The van der Waals surface area contributed by atoms with Gasteiger partial charge in [0.05, 0.1) is 18.3 Å². The number of nitrogens with one attached hydrogen (secondary N) is 1. The van der Waals surface area contributed by atoms with Crippen molar-refractivity contribution in [2.24, 2.45) is 0 Å². The second kappa shape index (κ2) is 8.23. The predicted octanol–water partition coefficient (Wildman–Crippen LogP) is 4.92. The summed E-state index contributed by atoms with van der Waals surface area (Å²) < 4.78 is 5.40. The lowest BCUT2D eigenvalue weighted by molar-refractivity contribution is 0.415. The van der Waals surface area contributed by atoms with Crippen LogP contribution in [0.5, 0.6) is 5.75 Å². The topological polar surface area (TPSA) is 34.1 Å². The lowest BCUT2D eigenvalue weighted by Crippen LogP contribution is -2.03. The number of methoxy groups -OCH3 is 1. The Hall–Kier alpha value is -1.29. The van der Waals surface area contributed by atoms with Gasteiger partial charge < -0.3 is 10.1 Å². The van der Waals surface area contributed by atoms with Gasteiger partial charge in [-0.15, -0.1) is 0 Å². The maximum Gasteiger partial charge on any atom is 0.121 e. The monoisotopic (exact) mass is 350 g/mol. The summed E-state index contributed by atoms with van der Waals surface area (Å²) in [5, 5.41) is 5.77. The average Bonchev–Trinajstić information content (AvgIpc) is 2.51. The van der Waals surface area contributed by atoms with Crippen molar-refractivity contribution in [2.75, 3.05) is 24.3 Å². The maximum atomic E-state index is 5.40. The number of aromatic nitrogens is 1. The smallest absolute Gasteiger partial charge is 0.121 e. The van der Waals surface area contributed by atoms with Crippen molar-refractivity contribution >= 4 is 32.5 Å². The van der Waals surface area contributed by atoms with Gasteiger partial charge in [0.25, 0.3) is 0 Å². The SMILES string of the molecule is COc1cc(NCCCCCCBr)c2nccc(C)c2c1. The zero-order valence-electron chi connectivity index (χ0n) is 12.8. The van der Waals surface area contributed by atoms with Crippen LogP contribution in [0.2, 0.25) is 0 Å². The molecule has 1 N–H and O–H groups in total. The number of pyridine rings is 1. The van der Waals surface area contributed by atoms with Gasteiger partial charge in [0.1, 0.15) is 5.75 Å². The van der Waals surface area contributed by atoms with Gasteiger partial charge in [-0.3, -0.25) is 4.98 Å². The first-order valence-corrected chi connectivity index (χ1v) is 8.61. The van der Waals surface area contributed by atoms with E-state index in [1.165, 1.54) is 31.2 Å². The van der Waals surface area contributed by atoms with E-state index in [9.17, 15) is 0 Å². The van der Waals surface area contributed by atoms with E-state index >= 15 is 0 Å². The van der Waals surface area contributed by atoms with Crippen molar-refractivity contribution in [1.82, 2.24) is 4.98 Å². The van der Waals surface area contributed by atoms with Crippen LogP contribution in [-0.4, -0.2) is 24.0 Å². The summed E-state index contributed by atoms with van der Waals surface area (Å²) in [5.74, 6) is 0.875. The molecule has 1 aromatic carbocycles. The van der Waals surface area contributed by atoms with E-state index in [0.717, 1.165) is 34.2 Å². The van der Waals surface area contributed by atoms with Crippen LogP contribution in [0.1, 0.15) is 31.2 Å². The Morgan fingerprint density at radius 2 is 2.00 bits per heavy atom. The highest BCUT2D eigenvalue weighted by Gasteiger charge is 2.07. The molecule has 0 saturated heterocycles. The van der Waals surface area contributed by atoms with Gasteiger partial charge in [0.2, 0.25) is 0 Å². The second-order valence-electron chi connectivity index (χ2n) is 5.23. The fourth-order valence-corrected chi connectivity index (χ4v) is 2.81. The highest BCUT2D eigenvalue weighted by molar-refractivity contribution is 9.09. The Bertz CT molecular complexity index is 586. The van der Waals surface area contributed by atoms with E-state index in [1.807, 2.05) is 18.3 Å². The van der Waals surface area contributed by atoms with E-state index in [-0.39, 0.29) is 0 Å². The number of halogens is 1. The Kier molecular flexibility index (Phi) is 6.30. The third-order valence-electron chi connectivity index (χ3n) is 3.65. The number of rotatable bonds is 8. The lowest BCUT2D eigenvalue weighted by atomic mass is 10.1. The molecule has 1 heterocycles. The molecule has 0 unspecified atom stereocenters. The zero-order valence-corrected chi connectivity index (χ0v) is 14.4. The number of unbranched alkanes of at least 4 members (excludes halogenated alkanes) is 3. The summed E-state index contributed by atoms with van der Waals surface area (Å²) in [6, 6.07) is 6.12. The van der Waals surface area contributed by atoms with Crippen molar-refractivity contribution in [3.8, 4) is 5.75 Å². The number of benzene rings is 1. The van der Waals surface area contributed by atoms with Crippen LogP contribution >= 0.6 is 15.9 Å². The average molecular weight is 351 g/mol. The lowest BCUT2D eigenvalue weighted by Gasteiger charge is -2.12. The maximum absolute atomic E-state index is 5.40. The van der Waals surface area contributed by atoms with Gasteiger partial charge in [-0.25, -0.2) is 0 Å². The van der Waals surface area contributed by atoms with Crippen LogP contribution in [0, 0.1) is 6.92 Å². The molecule has 2 rings (SSSR count). The van der Waals surface area contributed by atoms with Crippen LogP contribution in [0.4, 0.5) is 5.69 Å². The standard InChI is InChI=1S/C17H23BrN2O/c1-13-7-10-20-17-15(13)11-14(21-2)12-16(17)19-9-6-4-3-5-8-18/h7,10-12,19H,3-6,8-9H2,1-2H3. The van der Waals surface area contributed by atoms with Crippen molar-refractivity contribution in [2.45, 2.75) is 32.6 Å². The highest BCUT2D eigenvalue weighted by Crippen LogP contribution is 2.29. The minimum Gasteiger partial charge on any atom is -0.497 e. The van der Waals surface area contributed by atoms with Crippen LogP contribution in [0.25, 0.3) is 10.9 Å². The third kappa shape index (κ3) is 4.34. The Balaban J connectivity index is 2.09. The van der Waals surface area contributed by atoms with Crippen LogP contribution in [0.3, 0.4) is 0 Å². The second-order valence-corrected chi connectivity index (χ2v) is 6.02. The molecule has 4 heteroatoms. The molecule has 114 valence electrons. The molecule has 0 fully saturated rings. The summed E-state index contributed by atoms with van der Waals surface area (Å²) in [6.45, 7) is 3.08. The van der Waals surface area contributed by atoms with Gasteiger partial charge in [-0.1, -0.05) is 28.8 Å². The number of ether oxygens (including phenoxy) is 1. The molecule has 0 aliphatic rings. The summed E-state index contributed by atoms with van der Waals surface area (Å²) in [5.41, 5.74) is 3.31. The molecule has 0 saturated carbocycles. The summed E-state index contributed by atoms with van der Waals surface area (Å²) in [7, 11) is 1.71. The van der Waals surface area contributed by atoms with Gasteiger partial charge in [0.15, 0.2) is 0 Å². The molecule has 0 amide bonds. The summed E-state index contributed by atoms with van der Waals surface area (Å²) in [4.78, 5) is 4.52. The van der Waals surface area contributed by atoms with Crippen molar-refractivity contribution in [3.05, 3.63) is 30.0 Å². The molecule has 0 aliphatic carbocycles. The van der Waals surface area contributed by atoms with Gasteiger partial charge in [-0.2, -0.15) is 0 Å². The molecule has 2 aromatic rings. The number of anilines is 1. The Morgan fingerprint density at radius 3 is 2.76 bits per heavy atom. The molecular formula is C17H23BrN2O. The zero-order chi connectivity index (χ0) is 15.1. The molecular weight excluding hydrogens is 328 g/mol. The first-order valence-electron chi connectivity index (χ1n) is 7.49. The molecule has 0 radical (unpaired) electrons. The molecule has 0 spiro atoms. The fourth-order valence-electron chi connectivity index (χ4n) is 2.41. The quantitative estimate of drug-likeness (QED) is 0.541. The molecule has 0 aliphatic heterocycles. The third-order valence-corrected chi connectivity index (χ3v) is 4.21. The number of fused-ring (bicyclic) bond motifs is 1. The van der Waals surface area contributed by atoms with Crippen LogP contribution in [0.15, 0.2) is 24.4 Å². The van der Waals surface area contributed by atoms with Crippen molar-refractivity contribution in [3.63, 3.8) is 0 Å². The van der Waals surface area contributed by atoms with Crippen molar-refractivity contribution < 1.29 is 4.74 Å². The first kappa shape index (κ1) is 16.1. The molecule has 3 nitrogen and oxygen atoms in total. The number of alkyl halides is 1. The number of nitrogens with zero attached hydrogens (tertiary/aromatic N) is 1. The van der Waals surface area contributed by atoms with Gasteiger partial charge in [0, 0.05) is 29.5 Å². The molecule has 21 heavy (non-hydrogen) atoms. The highest BCUT2D eigenvalue weighted by atomic mass is 79.9.